The first kappa shape index (κ1) is 18.1. The Morgan fingerprint density at radius 2 is 1.69 bits per heavy atom. The molecule has 7 heteroatoms. The van der Waals surface area contributed by atoms with Crippen molar-refractivity contribution >= 4 is 28.3 Å². The standard InChI is InChI=1S/C22H14N2O5/c25-21(16-5-3-6-18(12-16)24(27)28)23-17-10-8-14(9-11-17)19-13-15-4-1-2-7-20(15)29-22(19)26/h1-13H,(H,23,25). The van der Waals surface area contributed by atoms with Gasteiger partial charge in [-0.1, -0.05) is 36.4 Å². The largest absolute Gasteiger partial charge is 0.422 e. The van der Waals surface area contributed by atoms with Gasteiger partial charge in [-0.3, -0.25) is 14.9 Å². The van der Waals surface area contributed by atoms with E-state index in [2.05, 4.69) is 5.32 Å². The zero-order valence-electron chi connectivity index (χ0n) is 15.0. The van der Waals surface area contributed by atoms with Crippen LogP contribution in [0.4, 0.5) is 11.4 Å². The number of carbonyl (C=O) groups is 1. The molecule has 1 aromatic heterocycles. The maximum atomic E-state index is 12.3. The van der Waals surface area contributed by atoms with Gasteiger partial charge in [0.05, 0.1) is 10.5 Å². The monoisotopic (exact) mass is 386 g/mol. The van der Waals surface area contributed by atoms with Crippen LogP contribution >= 0.6 is 0 Å². The Hall–Kier alpha value is -4.26. The van der Waals surface area contributed by atoms with Gasteiger partial charge in [0.15, 0.2) is 0 Å². The normalized spacial score (nSPS) is 10.6. The number of benzene rings is 3. The van der Waals surface area contributed by atoms with Crippen molar-refractivity contribution in [1.29, 1.82) is 0 Å². The Morgan fingerprint density at radius 3 is 2.45 bits per heavy atom. The molecule has 0 unspecified atom stereocenters. The third-order valence-electron chi connectivity index (χ3n) is 4.41. The summed E-state index contributed by atoms with van der Waals surface area (Å²) < 4.78 is 5.35. The molecule has 0 aliphatic carbocycles. The topological polar surface area (TPSA) is 102 Å². The van der Waals surface area contributed by atoms with Crippen molar-refractivity contribution in [2.75, 3.05) is 5.32 Å². The first-order chi connectivity index (χ1) is 14.0. The molecule has 29 heavy (non-hydrogen) atoms. The number of rotatable bonds is 4. The number of nitro groups is 1. The molecule has 4 rings (SSSR count). The molecule has 0 radical (unpaired) electrons. The molecule has 1 heterocycles. The summed E-state index contributed by atoms with van der Waals surface area (Å²) in [6.45, 7) is 0. The number of carbonyl (C=O) groups excluding carboxylic acids is 1. The van der Waals surface area contributed by atoms with Crippen LogP contribution in [0.15, 0.2) is 88.1 Å². The summed E-state index contributed by atoms with van der Waals surface area (Å²) in [7, 11) is 0. The highest BCUT2D eigenvalue weighted by atomic mass is 16.6. The molecule has 0 bridgehead atoms. The quantitative estimate of drug-likeness (QED) is 0.313. The van der Waals surface area contributed by atoms with E-state index in [4.69, 9.17) is 4.42 Å². The van der Waals surface area contributed by atoms with Crippen LogP contribution < -0.4 is 10.9 Å². The van der Waals surface area contributed by atoms with E-state index in [1.165, 1.54) is 24.3 Å². The first-order valence-electron chi connectivity index (χ1n) is 8.70. The molecule has 1 amide bonds. The Morgan fingerprint density at radius 1 is 0.931 bits per heavy atom. The molecule has 0 spiro atoms. The number of non-ortho nitro benzene ring substituents is 1. The summed E-state index contributed by atoms with van der Waals surface area (Å²) in [4.78, 5) is 34.9. The van der Waals surface area contributed by atoms with E-state index in [1.54, 1.807) is 42.5 Å². The maximum Gasteiger partial charge on any atom is 0.344 e. The van der Waals surface area contributed by atoms with Gasteiger partial charge < -0.3 is 9.73 Å². The Labute approximate surface area is 164 Å². The predicted octanol–water partition coefficient (Wildman–Crippen LogP) is 4.62. The van der Waals surface area contributed by atoms with Crippen molar-refractivity contribution in [3.8, 4) is 11.1 Å². The lowest BCUT2D eigenvalue weighted by molar-refractivity contribution is -0.384. The predicted molar refractivity (Wildman–Crippen MR) is 109 cm³/mol. The number of nitrogens with zero attached hydrogens (tertiary/aromatic N) is 1. The number of nitrogens with one attached hydrogen (secondary N) is 1. The first-order valence-corrected chi connectivity index (χ1v) is 8.70. The van der Waals surface area contributed by atoms with Crippen molar-refractivity contribution < 1.29 is 14.1 Å². The SMILES string of the molecule is O=C(Nc1ccc(-c2cc3ccccc3oc2=O)cc1)c1cccc([N+](=O)[O-])c1. The summed E-state index contributed by atoms with van der Waals surface area (Å²) in [6.07, 6.45) is 0. The second-order valence-electron chi connectivity index (χ2n) is 6.32. The summed E-state index contributed by atoms with van der Waals surface area (Å²) in [5, 5.41) is 14.4. The number of hydrogen-bond donors (Lipinski definition) is 1. The van der Waals surface area contributed by atoms with Gasteiger partial charge in [0.1, 0.15) is 5.58 Å². The van der Waals surface area contributed by atoms with Crippen molar-refractivity contribution in [2.45, 2.75) is 0 Å². The third-order valence-corrected chi connectivity index (χ3v) is 4.41. The molecule has 3 aromatic carbocycles. The van der Waals surface area contributed by atoms with Crippen molar-refractivity contribution in [3.05, 3.63) is 105 Å². The molecule has 0 aliphatic rings. The average molecular weight is 386 g/mol. The van der Waals surface area contributed by atoms with Gasteiger partial charge in [-0.05, 0) is 35.9 Å². The van der Waals surface area contributed by atoms with E-state index in [-0.39, 0.29) is 11.3 Å². The lowest BCUT2D eigenvalue weighted by atomic mass is 10.1. The number of fused-ring (bicyclic) bond motifs is 1. The summed E-state index contributed by atoms with van der Waals surface area (Å²) >= 11 is 0. The van der Waals surface area contributed by atoms with Crippen LogP contribution in [-0.4, -0.2) is 10.8 Å². The van der Waals surface area contributed by atoms with Crippen LogP contribution in [0.5, 0.6) is 0 Å². The molecule has 1 N–H and O–H groups in total. The van der Waals surface area contributed by atoms with Crippen LogP contribution in [0.2, 0.25) is 0 Å². The van der Waals surface area contributed by atoms with Gasteiger partial charge in [0.2, 0.25) is 0 Å². The zero-order valence-corrected chi connectivity index (χ0v) is 15.0. The van der Waals surface area contributed by atoms with Crippen LogP contribution in [0.25, 0.3) is 22.1 Å². The van der Waals surface area contributed by atoms with E-state index >= 15 is 0 Å². The number of amides is 1. The van der Waals surface area contributed by atoms with E-state index in [0.29, 0.717) is 22.4 Å². The van der Waals surface area contributed by atoms with Crippen molar-refractivity contribution in [3.63, 3.8) is 0 Å². The Balaban J connectivity index is 1.58. The van der Waals surface area contributed by atoms with E-state index in [9.17, 15) is 19.7 Å². The second-order valence-corrected chi connectivity index (χ2v) is 6.32. The lowest BCUT2D eigenvalue weighted by Gasteiger charge is -2.07. The third kappa shape index (κ3) is 3.74. The fraction of sp³-hybridized carbons (Fsp3) is 0. The fourth-order valence-corrected chi connectivity index (χ4v) is 2.96. The smallest absolute Gasteiger partial charge is 0.344 e. The lowest BCUT2D eigenvalue weighted by Crippen LogP contribution is -2.12. The van der Waals surface area contributed by atoms with Crippen molar-refractivity contribution in [1.82, 2.24) is 0 Å². The van der Waals surface area contributed by atoms with E-state index < -0.39 is 16.5 Å². The minimum absolute atomic E-state index is 0.156. The van der Waals surface area contributed by atoms with Gasteiger partial charge in [0, 0.05) is 28.8 Å². The summed E-state index contributed by atoms with van der Waals surface area (Å²) in [5.74, 6) is -0.466. The molecular weight excluding hydrogens is 372 g/mol. The molecule has 7 nitrogen and oxygen atoms in total. The van der Waals surface area contributed by atoms with Gasteiger partial charge in [-0.2, -0.15) is 0 Å². The highest BCUT2D eigenvalue weighted by Gasteiger charge is 2.12. The zero-order chi connectivity index (χ0) is 20.4. The molecule has 0 atom stereocenters. The molecule has 0 saturated heterocycles. The highest BCUT2D eigenvalue weighted by Crippen LogP contribution is 2.23. The Kier molecular flexibility index (Phi) is 4.62. The highest BCUT2D eigenvalue weighted by molar-refractivity contribution is 6.04. The molecular formula is C22H14N2O5. The molecule has 142 valence electrons. The minimum atomic E-state index is -0.555. The molecule has 0 saturated carbocycles. The summed E-state index contributed by atoms with van der Waals surface area (Å²) in [5.41, 5.74) is 1.65. The minimum Gasteiger partial charge on any atom is -0.422 e. The van der Waals surface area contributed by atoms with Gasteiger partial charge in [-0.25, -0.2) is 4.79 Å². The fourth-order valence-electron chi connectivity index (χ4n) is 2.96. The van der Waals surface area contributed by atoms with Gasteiger partial charge in [-0.15, -0.1) is 0 Å². The molecule has 0 fully saturated rings. The molecule has 4 aromatic rings. The number of para-hydroxylation sites is 1. The number of nitro benzene ring substituents is 1. The van der Waals surface area contributed by atoms with E-state index in [1.807, 2.05) is 12.1 Å². The average Bonchev–Trinajstić information content (AvgIpc) is 2.74. The van der Waals surface area contributed by atoms with Crippen LogP contribution in [0.3, 0.4) is 0 Å². The van der Waals surface area contributed by atoms with Crippen LogP contribution in [0.1, 0.15) is 10.4 Å². The van der Waals surface area contributed by atoms with Crippen LogP contribution in [-0.2, 0) is 0 Å². The van der Waals surface area contributed by atoms with Gasteiger partial charge >= 0.3 is 5.63 Å². The molecule has 0 aliphatic heterocycles. The van der Waals surface area contributed by atoms with E-state index in [0.717, 1.165) is 5.39 Å². The van der Waals surface area contributed by atoms with Gasteiger partial charge in [0.25, 0.3) is 11.6 Å². The summed E-state index contributed by atoms with van der Waals surface area (Å²) in [6, 6.07) is 21.2. The second kappa shape index (κ2) is 7.40. The Bertz CT molecular complexity index is 1290. The maximum absolute atomic E-state index is 12.3. The number of anilines is 1. The number of hydrogen-bond acceptors (Lipinski definition) is 5. The van der Waals surface area contributed by atoms with Crippen LogP contribution in [0, 0.1) is 10.1 Å². The van der Waals surface area contributed by atoms with Crippen molar-refractivity contribution in [2.24, 2.45) is 0 Å².